The monoisotopic (exact) mass is 276 g/mol. The largest absolute Gasteiger partial charge is 0.508 e. The maximum atomic E-state index is 11.0. The van der Waals surface area contributed by atoms with Crippen molar-refractivity contribution in [1.29, 1.82) is 0 Å². The zero-order chi connectivity index (χ0) is 14.4. The van der Waals surface area contributed by atoms with Crippen LogP contribution in [0.5, 0.6) is 0 Å². The summed E-state index contributed by atoms with van der Waals surface area (Å²) in [6, 6.07) is 8.05. The summed E-state index contributed by atoms with van der Waals surface area (Å²) in [5.74, 6) is 0.102. The van der Waals surface area contributed by atoms with Crippen LogP contribution in [0.2, 0.25) is 0 Å². The molecule has 1 saturated heterocycles. The molecular weight excluding hydrogens is 256 g/mol. The molecule has 0 saturated carbocycles. The molecule has 0 radical (unpaired) electrons. The number of hydrogen-bond donors (Lipinski definition) is 0. The van der Waals surface area contributed by atoms with Gasteiger partial charge in [0.2, 0.25) is 0 Å². The predicted octanol–water partition coefficient (Wildman–Crippen LogP) is 3.41. The Labute approximate surface area is 119 Å². The number of cyclic esters (lactones) is 2. The van der Waals surface area contributed by atoms with E-state index in [-0.39, 0.29) is 12.0 Å². The van der Waals surface area contributed by atoms with Crippen LogP contribution in [0.3, 0.4) is 0 Å². The highest BCUT2D eigenvalue weighted by Crippen LogP contribution is 2.19. The van der Waals surface area contributed by atoms with Gasteiger partial charge < -0.3 is 14.2 Å². The second kappa shape index (κ2) is 7.10. The first-order valence-electron chi connectivity index (χ1n) is 6.85. The van der Waals surface area contributed by atoms with Crippen LogP contribution in [0.1, 0.15) is 24.5 Å². The third-order valence-electron chi connectivity index (χ3n) is 3.41. The van der Waals surface area contributed by atoms with Gasteiger partial charge in [-0.2, -0.15) is 0 Å². The highest BCUT2D eigenvalue weighted by atomic mass is 16.7. The van der Waals surface area contributed by atoms with E-state index in [4.69, 9.17) is 14.2 Å². The molecular formula is C16H20O4. The van der Waals surface area contributed by atoms with Crippen molar-refractivity contribution < 1.29 is 19.0 Å². The van der Waals surface area contributed by atoms with Crippen LogP contribution in [-0.2, 0) is 20.8 Å². The Morgan fingerprint density at radius 2 is 2.15 bits per heavy atom. The zero-order valence-electron chi connectivity index (χ0n) is 11.7. The molecule has 2 rings (SSSR count). The molecule has 2 atom stereocenters. The second-order valence-corrected chi connectivity index (χ2v) is 4.85. The third-order valence-corrected chi connectivity index (χ3v) is 3.41. The number of rotatable bonds is 6. The number of carbonyl (C=O) groups excluding carboxylic acids is 1. The summed E-state index contributed by atoms with van der Waals surface area (Å²) < 4.78 is 15.7. The van der Waals surface area contributed by atoms with E-state index >= 15 is 0 Å². The summed E-state index contributed by atoms with van der Waals surface area (Å²) in [4.78, 5) is 11.0. The van der Waals surface area contributed by atoms with E-state index in [0.717, 1.165) is 17.5 Å². The molecule has 1 aliphatic rings. The van der Waals surface area contributed by atoms with Gasteiger partial charge in [0, 0.05) is 0 Å². The van der Waals surface area contributed by atoms with Crippen LogP contribution in [0.15, 0.2) is 30.8 Å². The molecule has 1 aromatic rings. The quantitative estimate of drug-likeness (QED) is 0.747. The molecule has 0 amide bonds. The van der Waals surface area contributed by atoms with Gasteiger partial charge in [-0.1, -0.05) is 43.8 Å². The minimum atomic E-state index is -0.576. The molecule has 0 bridgehead atoms. The Hall–Kier alpha value is -1.81. The predicted molar refractivity (Wildman–Crippen MR) is 76.2 cm³/mol. The first kappa shape index (κ1) is 14.6. The van der Waals surface area contributed by atoms with Crippen LogP contribution in [0.4, 0.5) is 4.79 Å². The summed E-state index contributed by atoms with van der Waals surface area (Å²) in [7, 11) is 0. The smallest absolute Gasteiger partial charge is 0.434 e. The minimum absolute atomic E-state index is 0.102. The normalized spacial score (nSPS) is 21.9. The van der Waals surface area contributed by atoms with Gasteiger partial charge in [0.1, 0.15) is 12.7 Å². The number of hydrogen-bond acceptors (Lipinski definition) is 4. The average molecular weight is 276 g/mol. The topological polar surface area (TPSA) is 44.8 Å². The van der Waals surface area contributed by atoms with Crippen molar-refractivity contribution in [3.8, 4) is 0 Å². The van der Waals surface area contributed by atoms with Crippen molar-refractivity contribution in [2.24, 2.45) is 5.92 Å². The number of carbonyl (C=O) groups is 1. The van der Waals surface area contributed by atoms with E-state index in [1.54, 1.807) is 0 Å². The molecule has 4 heteroatoms. The van der Waals surface area contributed by atoms with Crippen LogP contribution in [-0.4, -0.2) is 25.5 Å². The van der Waals surface area contributed by atoms with E-state index in [2.05, 4.69) is 6.58 Å². The molecule has 108 valence electrons. The van der Waals surface area contributed by atoms with Gasteiger partial charge in [0.05, 0.1) is 19.1 Å². The molecule has 1 aromatic carbocycles. The molecule has 1 aliphatic heterocycles. The molecule has 20 heavy (non-hydrogen) atoms. The van der Waals surface area contributed by atoms with Crippen molar-refractivity contribution in [1.82, 2.24) is 0 Å². The van der Waals surface area contributed by atoms with Crippen LogP contribution in [0.25, 0.3) is 6.08 Å². The van der Waals surface area contributed by atoms with Crippen molar-refractivity contribution in [3.63, 3.8) is 0 Å². The maximum absolute atomic E-state index is 11.0. The fraction of sp³-hybridized carbons (Fsp3) is 0.438. The van der Waals surface area contributed by atoms with Gasteiger partial charge in [0.15, 0.2) is 0 Å². The standard InChI is InChI=1S/C16H20O4/c1-3-12-5-7-13(8-6-12)9-18-10-14-11-19-16(17)20-15(14)4-2/h3,5-8,14-15H,1,4,9-11H2,2H3. The Morgan fingerprint density at radius 1 is 1.40 bits per heavy atom. The Bertz CT molecular complexity index is 452. The fourth-order valence-electron chi connectivity index (χ4n) is 2.19. The zero-order valence-corrected chi connectivity index (χ0v) is 11.7. The number of benzene rings is 1. The van der Waals surface area contributed by atoms with E-state index < -0.39 is 6.16 Å². The fourth-order valence-corrected chi connectivity index (χ4v) is 2.19. The lowest BCUT2D eigenvalue weighted by atomic mass is 10.0. The van der Waals surface area contributed by atoms with Gasteiger partial charge >= 0.3 is 6.16 Å². The van der Waals surface area contributed by atoms with Crippen molar-refractivity contribution in [2.45, 2.75) is 26.1 Å². The first-order valence-corrected chi connectivity index (χ1v) is 6.85. The Balaban J connectivity index is 1.79. The maximum Gasteiger partial charge on any atom is 0.508 e. The molecule has 2 unspecified atom stereocenters. The van der Waals surface area contributed by atoms with Crippen LogP contribution >= 0.6 is 0 Å². The summed E-state index contributed by atoms with van der Waals surface area (Å²) in [6.45, 7) is 7.14. The van der Waals surface area contributed by atoms with Gasteiger partial charge in [-0.3, -0.25) is 0 Å². The summed E-state index contributed by atoms with van der Waals surface area (Å²) in [6.07, 6.45) is 1.90. The average Bonchev–Trinajstić information content (AvgIpc) is 2.49. The lowest BCUT2D eigenvalue weighted by molar-refractivity contribution is -0.0844. The second-order valence-electron chi connectivity index (χ2n) is 4.85. The number of ether oxygens (including phenoxy) is 3. The molecule has 4 nitrogen and oxygen atoms in total. The molecule has 0 aromatic heterocycles. The molecule has 1 heterocycles. The van der Waals surface area contributed by atoms with E-state index in [0.29, 0.717) is 19.8 Å². The van der Waals surface area contributed by atoms with Crippen LogP contribution < -0.4 is 0 Å². The Kier molecular flexibility index (Phi) is 5.18. The molecule has 1 fully saturated rings. The minimum Gasteiger partial charge on any atom is -0.434 e. The lowest BCUT2D eigenvalue weighted by Gasteiger charge is -2.29. The molecule has 0 spiro atoms. The Morgan fingerprint density at radius 3 is 2.80 bits per heavy atom. The molecule has 0 aliphatic carbocycles. The molecule has 0 N–H and O–H groups in total. The highest BCUT2D eigenvalue weighted by Gasteiger charge is 2.30. The van der Waals surface area contributed by atoms with E-state index in [9.17, 15) is 4.79 Å². The third kappa shape index (κ3) is 3.84. The van der Waals surface area contributed by atoms with Crippen LogP contribution in [0, 0.1) is 5.92 Å². The summed E-state index contributed by atoms with van der Waals surface area (Å²) in [5, 5.41) is 0. The first-order chi connectivity index (χ1) is 9.72. The highest BCUT2D eigenvalue weighted by molar-refractivity contribution is 5.60. The van der Waals surface area contributed by atoms with Gasteiger partial charge in [-0.05, 0) is 17.5 Å². The van der Waals surface area contributed by atoms with Crippen molar-refractivity contribution in [2.75, 3.05) is 13.2 Å². The van der Waals surface area contributed by atoms with Crippen molar-refractivity contribution >= 4 is 12.2 Å². The van der Waals surface area contributed by atoms with E-state index in [1.807, 2.05) is 37.3 Å². The SMILES string of the molecule is C=Cc1ccc(COCC2COC(=O)OC2CC)cc1. The van der Waals surface area contributed by atoms with E-state index in [1.165, 1.54) is 0 Å². The van der Waals surface area contributed by atoms with Gasteiger partial charge in [-0.15, -0.1) is 0 Å². The van der Waals surface area contributed by atoms with Gasteiger partial charge in [0.25, 0.3) is 0 Å². The van der Waals surface area contributed by atoms with Crippen molar-refractivity contribution in [3.05, 3.63) is 42.0 Å². The summed E-state index contributed by atoms with van der Waals surface area (Å²) >= 11 is 0. The van der Waals surface area contributed by atoms with Gasteiger partial charge in [-0.25, -0.2) is 4.79 Å². The lowest BCUT2D eigenvalue weighted by Crippen LogP contribution is -2.38. The summed E-state index contributed by atoms with van der Waals surface area (Å²) in [5.41, 5.74) is 2.20.